The Bertz CT molecular complexity index is 1540. The average molecular weight is 565 g/mol. The van der Waals surface area contributed by atoms with Crippen LogP contribution in [0.3, 0.4) is 0 Å². The predicted octanol–water partition coefficient (Wildman–Crippen LogP) is 6.28. The largest absolute Gasteiger partial charge is 0.508 e. The SMILES string of the molecule is CCc1c2c(nc3ccc(O)cc13)-c1cc3c(c(=O)n1C2)COC(=O)C3(CC)OC(C)CCC(C)CC(C)(C)S. The van der Waals surface area contributed by atoms with E-state index in [1.54, 1.807) is 22.8 Å². The van der Waals surface area contributed by atoms with Gasteiger partial charge in [-0.1, -0.05) is 34.6 Å². The molecule has 0 saturated carbocycles. The number of aromatic hydroxyl groups is 1. The number of cyclic esters (lactones) is 1. The molecule has 3 unspecified atom stereocenters. The summed E-state index contributed by atoms with van der Waals surface area (Å²) in [5, 5.41) is 11.0. The Morgan fingerprint density at radius 3 is 2.60 bits per heavy atom. The second kappa shape index (κ2) is 10.5. The molecule has 8 heteroatoms. The van der Waals surface area contributed by atoms with Gasteiger partial charge in [0, 0.05) is 21.3 Å². The van der Waals surface area contributed by atoms with Gasteiger partial charge in [-0.25, -0.2) is 9.78 Å². The number of carbonyl (C=O) groups is 1. The van der Waals surface area contributed by atoms with E-state index in [0.717, 1.165) is 53.4 Å². The monoisotopic (exact) mass is 564 g/mol. The maximum atomic E-state index is 13.9. The molecule has 0 saturated heterocycles. The van der Waals surface area contributed by atoms with Crippen LogP contribution in [0, 0.1) is 5.92 Å². The Morgan fingerprint density at radius 1 is 1.18 bits per heavy atom. The third-order valence-electron chi connectivity index (χ3n) is 8.43. The molecule has 4 heterocycles. The van der Waals surface area contributed by atoms with Crippen LogP contribution in [0.1, 0.15) is 89.5 Å². The number of benzene rings is 1. The lowest BCUT2D eigenvalue weighted by Crippen LogP contribution is -2.48. The Balaban J connectivity index is 1.56. The minimum atomic E-state index is -1.35. The average Bonchev–Trinajstić information content (AvgIpc) is 3.25. The molecule has 0 spiro atoms. The number of phenols is 1. The molecule has 214 valence electrons. The van der Waals surface area contributed by atoms with Crippen LogP contribution in [0.25, 0.3) is 22.3 Å². The maximum absolute atomic E-state index is 13.9. The number of fused-ring (bicyclic) bond motifs is 5. The summed E-state index contributed by atoms with van der Waals surface area (Å²) < 4.78 is 13.9. The van der Waals surface area contributed by atoms with E-state index in [9.17, 15) is 14.7 Å². The number of esters is 1. The van der Waals surface area contributed by atoms with Crippen molar-refractivity contribution in [3.05, 3.63) is 56.9 Å². The smallest absolute Gasteiger partial charge is 0.343 e. The van der Waals surface area contributed by atoms with Gasteiger partial charge in [0.05, 0.1) is 35.1 Å². The van der Waals surface area contributed by atoms with Crippen LogP contribution in [0.4, 0.5) is 0 Å². The molecule has 1 aromatic carbocycles. The summed E-state index contributed by atoms with van der Waals surface area (Å²) >= 11 is 4.67. The van der Waals surface area contributed by atoms with Crippen LogP contribution in [0.2, 0.25) is 0 Å². The number of thiol groups is 1. The first-order valence-electron chi connectivity index (χ1n) is 14.4. The van der Waals surface area contributed by atoms with Gasteiger partial charge in [0.1, 0.15) is 12.4 Å². The fourth-order valence-corrected chi connectivity index (χ4v) is 6.93. The topological polar surface area (TPSA) is 90.7 Å². The Labute approximate surface area is 241 Å². The molecule has 0 aliphatic carbocycles. The normalized spacial score (nSPS) is 19.6. The van der Waals surface area contributed by atoms with Crippen LogP contribution < -0.4 is 5.56 Å². The van der Waals surface area contributed by atoms with Crippen molar-refractivity contribution in [1.29, 1.82) is 0 Å². The predicted molar refractivity (Wildman–Crippen MR) is 160 cm³/mol. The lowest BCUT2D eigenvalue weighted by Gasteiger charge is -2.38. The van der Waals surface area contributed by atoms with Crippen molar-refractivity contribution >= 4 is 29.5 Å². The van der Waals surface area contributed by atoms with Gasteiger partial charge in [0.2, 0.25) is 0 Å². The molecule has 7 nitrogen and oxygen atoms in total. The van der Waals surface area contributed by atoms with Crippen molar-refractivity contribution in [1.82, 2.24) is 9.55 Å². The number of aryl methyl sites for hydroxylation is 1. The summed E-state index contributed by atoms with van der Waals surface area (Å²) in [5.41, 5.74) is 3.77. The Morgan fingerprint density at radius 2 is 1.93 bits per heavy atom. The third-order valence-corrected chi connectivity index (χ3v) is 8.61. The minimum Gasteiger partial charge on any atom is -0.508 e. The number of ether oxygens (including phenoxy) is 2. The van der Waals surface area contributed by atoms with E-state index in [4.69, 9.17) is 14.5 Å². The summed E-state index contributed by atoms with van der Waals surface area (Å²) in [6.07, 6.45) is 3.58. The molecule has 5 rings (SSSR count). The number of rotatable bonds is 9. The van der Waals surface area contributed by atoms with Crippen molar-refractivity contribution in [3.8, 4) is 17.1 Å². The fraction of sp³-hybridized carbons (Fsp3) is 0.531. The number of nitrogens with zero attached hydrogens (tertiary/aromatic N) is 2. The quantitative estimate of drug-likeness (QED) is 0.184. The Kier molecular flexibility index (Phi) is 7.55. The van der Waals surface area contributed by atoms with Gasteiger partial charge >= 0.3 is 5.97 Å². The standard InChI is InChI=1S/C32H40N2O5S/c1-7-21-22-13-20(35)11-12-26(22)33-28-23(21)16-34-27(28)14-25-24(29(34)36)17-38-30(37)32(25,8-2)39-19(4)10-9-18(3)15-31(5,6)40/h11-14,18-19,35,40H,7-10,15-17H2,1-6H3. The van der Waals surface area contributed by atoms with E-state index >= 15 is 0 Å². The zero-order valence-corrected chi connectivity index (χ0v) is 25.2. The summed E-state index contributed by atoms with van der Waals surface area (Å²) in [6.45, 7) is 12.7. The van der Waals surface area contributed by atoms with Crippen molar-refractivity contribution in [2.24, 2.45) is 5.92 Å². The van der Waals surface area contributed by atoms with E-state index < -0.39 is 11.6 Å². The molecule has 0 amide bonds. The number of hydrogen-bond acceptors (Lipinski definition) is 7. The van der Waals surface area contributed by atoms with Gasteiger partial charge in [0.25, 0.3) is 5.56 Å². The van der Waals surface area contributed by atoms with Crippen LogP contribution in [0.15, 0.2) is 29.1 Å². The van der Waals surface area contributed by atoms with Crippen LogP contribution in [-0.4, -0.2) is 31.5 Å². The van der Waals surface area contributed by atoms with E-state index in [1.165, 1.54) is 0 Å². The third kappa shape index (κ3) is 4.94. The molecule has 2 aliphatic heterocycles. The molecule has 3 atom stereocenters. The number of carbonyl (C=O) groups excluding carboxylic acids is 1. The van der Waals surface area contributed by atoms with Crippen molar-refractivity contribution in [2.45, 2.75) is 103 Å². The highest BCUT2D eigenvalue weighted by Gasteiger charge is 2.49. The van der Waals surface area contributed by atoms with Gasteiger partial charge < -0.3 is 19.1 Å². The first kappa shape index (κ1) is 28.7. The molecular weight excluding hydrogens is 524 g/mol. The highest BCUT2D eigenvalue weighted by Crippen LogP contribution is 2.43. The zero-order chi connectivity index (χ0) is 29.0. The van der Waals surface area contributed by atoms with Crippen molar-refractivity contribution < 1.29 is 19.4 Å². The lowest BCUT2D eigenvalue weighted by atomic mass is 9.85. The van der Waals surface area contributed by atoms with Crippen LogP contribution in [-0.2, 0) is 39.4 Å². The highest BCUT2D eigenvalue weighted by molar-refractivity contribution is 7.81. The molecule has 3 aromatic rings. The zero-order valence-electron chi connectivity index (χ0n) is 24.3. The summed E-state index contributed by atoms with van der Waals surface area (Å²) in [7, 11) is 0. The van der Waals surface area contributed by atoms with Crippen LogP contribution >= 0.6 is 12.6 Å². The lowest BCUT2D eigenvalue weighted by molar-refractivity contribution is -0.189. The second-order valence-corrected chi connectivity index (χ2v) is 13.4. The van der Waals surface area contributed by atoms with Gasteiger partial charge in [-0.15, -0.1) is 0 Å². The van der Waals surface area contributed by atoms with E-state index in [0.29, 0.717) is 35.7 Å². The maximum Gasteiger partial charge on any atom is 0.343 e. The summed E-state index contributed by atoms with van der Waals surface area (Å²) in [5.74, 6) is 0.199. The number of phenolic OH excluding ortho intramolecular Hbond substituents is 1. The van der Waals surface area contributed by atoms with Gasteiger partial charge in [-0.05, 0) is 74.8 Å². The molecule has 2 aliphatic rings. The molecule has 2 aromatic heterocycles. The van der Waals surface area contributed by atoms with Gasteiger partial charge in [-0.3, -0.25) is 4.79 Å². The van der Waals surface area contributed by atoms with E-state index in [-0.39, 0.29) is 28.8 Å². The first-order valence-corrected chi connectivity index (χ1v) is 14.8. The summed E-state index contributed by atoms with van der Waals surface area (Å²) in [4.78, 5) is 32.3. The van der Waals surface area contributed by atoms with E-state index in [1.807, 2.05) is 19.9 Å². The van der Waals surface area contributed by atoms with E-state index in [2.05, 4.69) is 40.3 Å². The van der Waals surface area contributed by atoms with Crippen molar-refractivity contribution in [2.75, 3.05) is 0 Å². The van der Waals surface area contributed by atoms with Crippen LogP contribution in [0.5, 0.6) is 5.75 Å². The highest BCUT2D eigenvalue weighted by atomic mass is 32.1. The molecule has 0 radical (unpaired) electrons. The van der Waals surface area contributed by atoms with Gasteiger partial charge in [0.15, 0.2) is 5.60 Å². The first-order chi connectivity index (χ1) is 18.9. The molecule has 0 bridgehead atoms. The molecule has 0 fully saturated rings. The second-order valence-electron chi connectivity index (χ2n) is 12.2. The number of hydrogen-bond donors (Lipinski definition) is 2. The molecule has 1 N–H and O–H groups in total. The number of pyridine rings is 2. The molecular formula is C32H40N2O5S. The number of aromatic nitrogens is 2. The fourth-order valence-electron chi connectivity index (χ4n) is 6.61. The molecule has 40 heavy (non-hydrogen) atoms. The Hall–Kier alpha value is -2.84. The summed E-state index contributed by atoms with van der Waals surface area (Å²) in [6, 6.07) is 7.10. The minimum absolute atomic E-state index is 0.0451. The van der Waals surface area contributed by atoms with Gasteiger partial charge in [-0.2, -0.15) is 12.6 Å². The van der Waals surface area contributed by atoms with Crippen molar-refractivity contribution in [3.63, 3.8) is 0 Å².